The molecule has 0 radical (unpaired) electrons. The predicted molar refractivity (Wildman–Crippen MR) is 106 cm³/mol. The van der Waals surface area contributed by atoms with E-state index in [2.05, 4.69) is 4.90 Å². The van der Waals surface area contributed by atoms with Crippen LogP contribution in [-0.2, 0) is 17.5 Å². The van der Waals surface area contributed by atoms with E-state index in [0.717, 1.165) is 43.6 Å². The van der Waals surface area contributed by atoms with E-state index in [4.69, 9.17) is 0 Å². The van der Waals surface area contributed by atoms with Gasteiger partial charge in [0.05, 0.1) is 11.3 Å². The normalized spacial score (nSPS) is 19.0. The number of anilines is 1. The third-order valence-corrected chi connectivity index (χ3v) is 5.69. The summed E-state index contributed by atoms with van der Waals surface area (Å²) in [5.41, 5.74) is 0.754. The van der Waals surface area contributed by atoms with Gasteiger partial charge in [-0.25, -0.2) is 9.69 Å². The molecule has 0 spiro atoms. The van der Waals surface area contributed by atoms with E-state index >= 15 is 0 Å². The summed E-state index contributed by atoms with van der Waals surface area (Å²) >= 11 is 0. The van der Waals surface area contributed by atoms with Crippen LogP contribution in [0.2, 0.25) is 0 Å². The molecule has 2 aromatic carbocycles. The average Bonchev–Trinajstić information content (AvgIpc) is 3.03. The molecule has 0 saturated carbocycles. The maximum atomic E-state index is 12.8. The lowest BCUT2D eigenvalue weighted by Gasteiger charge is -2.36. The van der Waals surface area contributed by atoms with E-state index in [9.17, 15) is 22.8 Å². The Labute approximate surface area is 172 Å². The van der Waals surface area contributed by atoms with Crippen molar-refractivity contribution in [1.29, 1.82) is 0 Å². The SMILES string of the molecule is O=C1CN(C2CCN(Cc3ccc(C(F)(F)F)cc3)CC2)C(=O)N1c1ccccc1. The highest BCUT2D eigenvalue weighted by Crippen LogP contribution is 2.30. The number of hydrogen-bond donors (Lipinski definition) is 0. The third kappa shape index (κ3) is 4.18. The van der Waals surface area contributed by atoms with Crippen LogP contribution < -0.4 is 4.90 Å². The van der Waals surface area contributed by atoms with E-state index in [1.165, 1.54) is 17.0 Å². The molecule has 2 heterocycles. The number of likely N-dealkylation sites (tertiary alicyclic amines) is 1. The molecule has 0 aromatic heterocycles. The van der Waals surface area contributed by atoms with Crippen molar-refractivity contribution in [2.75, 3.05) is 24.5 Å². The molecule has 0 N–H and O–H groups in total. The van der Waals surface area contributed by atoms with E-state index < -0.39 is 11.7 Å². The monoisotopic (exact) mass is 417 g/mol. The highest BCUT2D eigenvalue weighted by atomic mass is 19.4. The zero-order valence-electron chi connectivity index (χ0n) is 16.3. The first-order chi connectivity index (χ1) is 14.3. The number of urea groups is 1. The molecule has 2 aliphatic heterocycles. The third-order valence-electron chi connectivity index (χ3n) is 5.69. The predicted octanol–water partition coefficient (Wildman–Crippen LogP) is 4.14. The number of amides is 3. The van der Waals surface area contributed by atoms with Crippen LogP contribution in [0.4, 0.5) is 23.7 Å². The van der Waals surface area contributed by atoms with Crippen LogP contribution >= 0.6 is 0 Å². The van der Waals surface area contributed by atoms with Gasteiger partial charge in [-0.3, -0.25) is 9.69 Å². The molecule has 0 bridgehead atoms. The molecular formula is C22H22F3N3O2. The molecule has 158 valence electrons. The van der Waals surface area contributed by atoms with Crippen LogP contribution in [0.5, 0.6) is 0 Å². The Morgan fingerprint density at radius 1 is 0.900 bits per heavy atom. The highest BCUT2D eigenvalue weighted by molar-refractivity contribution is 6.19. The minimum atomic E-state index is -4.33. The number of imide groups is 1. The lowest BCUT2D eigenvalue weighted by atomic mass is 10.0. The van der Waals surface area contributed by atoms with Crippen molar-refractivity contribution < 1.29 is 22.8 Å². The largest absolute Gasteiger partial charge is 0.416 e. The van der Waals surface area contributed by atoms with Gasteiger partial charge in [0.2, 0.25) is 0 Å². The summed E-state index contributed by atoms with van der Waals surface area (Å²) in [5.74, 6) is -0.224. The van der Waals surface area contributed by atoms with Gasteiger partial charge in [0, 0.05) is 25.7 Å². The quantitative estimate of drug-likeness (QED) is 0.703. The van der Waals surface area contributed by atoms with Crippen LogP contribution in [0.1, 0.15) is 24.0 Å². The summed E-state index contributed by atoms with van der Waals surface area (Å²) in [4.78, 5) is 30.3. The van der Waals surface area contributed by atoms with Gasteiger partial charge in [0.1, 0.15) is 6.54 Å². The van der Waals surface area contributed by atoms with Gasteiger partial charge >= 0.3 is 12.2 Å². The zero-order chi connectivity index (χ0) is 21.3. The van der Waals surface area contributed by atoms with E-state index in [1.54, 1.807) is 29.2 Å². The minimum absolute atomic E-state index is 0.0148. The van der Waals surface area contributed by atoms with Gasteiger partial charge < -0.3 is 4.90 Å². The number of piperidine rings is 1. The molecule has 30 heavy (non-hydrogen) atoms. The number of alkyl halides is 3. The topological polar surface area (TPSA) is 43.9 Å². The Kier molecular flexibility index (Phi) is 5.51. The fraction of sp³-hybridized carbons (Fsp3) is 0.364. The van der Waals surface area contributed by atoms with Gasteiger partial charge in [-0.05, 0) is 42.7 Å². The first-order valence-electron chi connectivity index (χ1n) is 9.90. The lowest BCUT2D eigenvalue weighted by molar-refractivity contribution is -0.137. The van der Waals surface area contributed by atoms with Crippen molar-refractivity contribution in [3.8, 4) is 0 Å². The Morgan fingerprint density at radius 3 is 2.13 bits per heavy atom. The van der Waals surface area contributed by atoms with Gasteiger partial charge in [-0.1, -0.05) is 30.3 Å². The Balaban J connectivity index is 1.34. The highest BCUT2D eigenvalue weighted by Gasteiger charge is 2.41. The van der Waals surface area contributed by atoms with Crippen molar-refractivity contribution in [3.05, 3.63) is 65.7 Å². The number of halogens is 3. The van der Waals surface area contributed by atoms with Gasteiger partial charge in [-0.2, -0.15) is 13.2 Å². The molecule has 0 atom stereocenters. The van der Waals surface area contributed by atoms with Crippen molar-refractivity contribution in [2.45, 2.75) is 31.6 Å². The number of benzene rings is 2. The fourth-order valence-corrected chi connectivity index (χ4v) is 4.08. The smallest absolute Gasteiger partial charge is 0.312 e. The number of rotatable bonds is 4. The molecule has 2 saturated heterocycles. The molecule has 8 heteroatoms. The van der Waals surface area contributed by atoms with Crippen LogP contribution in [0.15, 0.2) is 54.6 Å². The first-order valence-corrected chi connectivity index (χ1v) is 9.90. The maximum Gasteiger partial charge on any atom is 0.416 e. The number of hydrogen-bond acceptors (Lipinski definition) is 3. The molecule has 2 aromatic rings. The summed E-state index contributed by atoms with van der Waals surface area (Å²) < 4.78 is 38.1. The van der Waals surface area contributed by atoms with Gasteiger partial charge in [0.15, 0.2) is 0 Å². The maximum absolute atomic E-state index is 12.8. The molecule has 4 rings (SSSR count). The number of carbonyl (C=O) groups excluding carboxylic acids is 2. The second-order valence-electron chi connectivity index (χ2n) is 7.68. The van der Waals surface area contributed by atoms with E-state index in [1.807, 2.05) is 6.07 Å². The second-order valence-corrected chi connectivity index (χ2v) is 7.68. The molecule has 3 amide bonds. The number of para-hydroxylation sites is 1. The molecular weight excluding hydrogens is 395 g/mol. The summed E-state index contributed by atoms with van der Waals surface area (Å²) in [7, 11) is 0. The molecule has 2 fully saturated rings. The van der Waals surface area contributed by atoms with Crippen LogP contribution in [0, 0.1) is 0 Å². The number of carbonyl (C=O) groups is 2. The summed E-state index contributed by atoms with van der Waals surface area (Å²) in [6, 6.07) is 13.8. The van der Waals surface area contributed by atoms with Crippen molar-refractivity contribution in [1.82, 2.24) is 9.80 Å². The van der Waals surface area contributed by atoms with Crippen LogP contribution in [0.3, 0.4) is 0 Å². The Morgan fingerprint density at radius 2 is 1.53 bits per heavy atom. The van der Waals surface area contributed by atoms with Crippen molar-refractivity contribution in [2.24, 2.45) is 0 Å². The molecule has 5 nitrogen and oxygen atoms in total. The van der Waals surface area contributed by atoms with E-state index in [0.29, 0.717) is 12.2 Å². The fourth-order valence-electron chi connectivity index (χ4n) is 4.08. The summed E-state index contributed by atoms with van der Waals surface area (Å²) in [5, 5.41) is 0. The Hall–Kier alpha value is -2.87. The molecule has 0 unspecified atom stereocenters. The summed E-state index contributed by atoms with van der Waals surface area (Å²) in [6.45, 7) is 2.08. The average molecular weight is 417 g/mol. The van der Waals surface area contributed by atoms with Crippen molar-refractivity contribution in [3.63, 3.8) is 0 Å². The van der Waals surface area contributed by atoms with Crippen LogP contribution in [-0.4, -0.2) is 47.4 Å². The summed E-state index contributed by atoms with van der Waals surface area (Å²) in [6.07, 6.45) is -2.88. The Bertz CT molecular complexity index is 907. The molecule has 2 aliphatic rings. The van der Waals surface area contributed by atoms with E-state index in [-0.39, 0.29) is 24.5 Å². The first kappa shape index (κ1) is 20.4. The van der Waals surface area contributed by atoms with Gasteiger partial charge in [0.25, 0.3) is 5.91 Å². The minimum Gasteiger partial charge on any atom is -0.312 e. The standard InChI is InChI=1S/C22H22F3N3O2/c23-22(24,25)17-8-6-16(7-9-17)14-26-12-10-18(11-13-26)27-15-20(29)28(21(27)30)19-4-2-1-3-5-19/h1-9,18H,10-15H2. The van der Waals surface area contributed by atoms with Crippen molar-refractivity contribution >= 4 is 17.6 Å². The van der Waals surface area contributed by atoms with Gasteiger partial charge in [-0.15, -0.1) is 0 Å². The van der Waals surface area contributed by atoms with Crippen LogP contribution in [0.25, 0.3) is 0 Å². The molecule has 0 aliphatic carbocycles. The lowest BCUT2D eigenvalue weighted by Crippen LogP contribution is -2.46. The number of nitrogens with zero attached hydrogens (tertiary/aromatic N) is 3. The zero-order valence-corrected chi connectivity index (χ0v) is 16.3. The second kappa shape index (κ2) is 8.10.